The maximum atomic E-state index is 13.9. The number of piperidine rings is 1. The van der Waals surface area contributed by atoms with Crippen molar-refractivity contribution in [2.45, 2.75) is 88.8 Å². The number of alkyl halides is 3. The van der Waals surface area contributed by atoms with E-state index in [0.29, 0.717) is 37.5 Å². The minimum Gasteiger partial charge on any atom is -0.489 e. The number of aromatic nitrogens is 3. The monoisotopic (exact) mass is 837 g/mol. The summed E-state index contributed by atoms with van der Waals surface area (Å²) >= 11 is 0. The molecule has 6 aliphatic heterocycles. The third-order valence-electron chi connectivity index (χ3n) is 14.9. The zero-order chi connectivity index (χ0) is 41.8. The standard InChI is InChI=1S/C45H50F3N9O4/c1-26-16-32-30(3-5-35-33(32)18-50-52-35)40(57(26)25-45(46,47)48)28-2-8-38(49-17-28)54-23-44(24-54)12-10-27(11-13-44)19-53-14-15-55-29(20-53)22-61-41-34-21-56(37-7-9-39(58)51-42(37)59)43(60)31(34)4-6-36(41)55/h2-6,8,17-18,26-27,29,37,40H,7,9-16,19-25H2,1H3,(H,50,52)(H,51,58,59)/t26-,29-,37+,40+/m1/s1. The Labute approximate surface area is 351 Å². The number of piperazine rings is 1. The van der Waals surface area contributed by atoms with E-state index in [2.05, 4.69) is 30.2 Å². The Morgan fingerprint density at radius 2 is 1.79 bits per heavy atom. The summed E-state index contributed by atoms with van der Waals surface area (Å²) in [6.07, 6.45) is 5.04. The number of hydrogen-bond acceptors (Lipinski definition) is 10. The van der Waals surface area contributed by atoms with Crippen LogP contribution >= 0.6 is 0 Å². The molecule has 320 valence electrons. The molecule has 2 N–H and O–H groups in total. The molecule has 7 aliphatic rings. The number of halogens is 3. The number of pyridine rings is 1. The molecule has 3 amide bonds. The number of amides is 3. The number of nitrogens with zero attached hydrogens (tertiary/aromatic N) is 7. The lowest BCUT2D eigenvalue weighted by atomic mass is 9.66. The lowest BCUT2D eigenvalue weighted by Crippen LogP contribution is -2.59. The van der Waals surface area contributed by atoms with Gasteiger partial charge in [0.1, 0.15) is 24.2 Å². The predicted octanol–water partition coefficient (Wildman–Crippen LogP) is 5.20. The number of rotatable bonds is 6. The highest BCUT2D eigenvalue weighted by atomic mass is 19.4. The Morgan fingerprint density at radius 3 is 2.56 bits per heavy atom. The molecule has 1 aliphatic carbocycles. The van der Waals surface area contributed by atoms with E-state index in [-0.39, 0.29) is 35.7 Å². The van der Waals surface area contributed by atoms with Crippen molar-refractivity contribution in [1.82, 2.24) is 35.2 Å². The molecule has 8 heterocycles. The van der Waals surface area contributed by atoms with E-state index in [1.54, 1.807) is 22.2 Å². The second-order valence-electron chi connectivity index (χ2n) is 18.7. The van der Waals surface area contributed by atoms with Gasteiger partial charge in [0.25, 0.3) is 5.91 Å². The van der Waals surface area contributed by atoms with E-state index in [0.717, 1.165) is 89.7 Å². The summed E-state index contributed by atoms with van der Waals surface area (Å²) in [5.74, 6) is 1.37. The van der Waals surface area contributed by atoms with Gasteiger partial charge in [0.2, 0.25) is 11.8 Å². The smallest absolute Gasteiger partial charge is 0.401 e. The van der Waals surface area contributed by atoms with E-state index >= 15 is 0 Å². The number of H-pyrrole nitrogens is 1. The molecule has 0 bridgehead atoms. The molecule has 1 saturated carbocycles. The maximum absolute atomic E-state index is 13.9. The zero-order valence-electron chi connectivity index (χ0n) is 34.2. The molecule has 0 radical (unpaired) electrons. The van der Waals surface area contributed by atoms with E-state index in [1.807, 2.05) is 43.3 Å². The Bertz CT molecular complexity index is 2410. The zero-order valence-corrected chi connectivity index (χ0v) is 34.2. The predicted molar refractivity (Wildman–Crippen MR) is 220 cm³/mol. The van der Waals surface area contributed by atoms with E-state index in [4.69, 9.17) is 9.72 Å². The van der Waals surface area contributed by atoms with E-state index in [1.165, 1.54) is 25.7 Å². The lowest BCUT2D eigenvalue weighted by Gasteiger charge is -2.54. The summed E-state index contributed by atoms with van der Waals surface area (Å²) in [6, 6.07) is 10.4. The van der Waals surface area contributed by atoms with Gasteiger partial charge in [0, 0.05) is 79.9 Å². The third kappa shape index (κ3) is 6.71. The van der Waals surface area contributed by atoms with Crippen LogP contribution in [0.2, 0.25) is 0 Å². The van der Waals surface area contributed by atoms with Gasteiger partial charge in [-0.15, -0.1) is 0 Å². The summed E-state index contributed by atoms with van der Waals surface area (Å²) in [4.78, 5) is 53.1. The van der Waals surface area contributed by atoms with Crippen molar-refractivity contribution in [3.8, 4) is 5.75 Å². The molecule has 2 aromatic heterocycles. The number of hydrogen-bond donors (Lipinski definition) is 2. The van der Waals surface area contributed by atoms with Gasteiger partial charge in [-0.25, -0.2) is 4.98 Å². The number of aromatic amines is 1. The van der Waals surface area contributed by atoms with Gasteiger partial charge in [-0.1, -0.05) is 12.1 Å². The molecular formula is C45H50F3N9O4. The van der Waals surface area contributed by atoms with Gasteiger partial charge in [0.05, 0.1) is 42.6 Å². The first-order chi connectivity index (χ1) is 29.4. The van der Waals surface area contributed by atoms with E-state index < -0.39 is 30.7 Å². The van der Waals surface area contributed by atoms with Crippen LogP contribution in [0.1, 0.15) is 84.1 Å². The molecule has 16 heteroatoms. The normalized spacial score (nSPS) is 26.8. The number of nitrogens with one attached hydrogen (secondary N) is 2. The molecular weight excluding hydrogens is 788 g/mol. The topological polar surface area (TPSA) is 130 Å². The van der Waals surface area contributed by atoms with Gasteiger partial charge >= 0.3 is 6.18 Å². The summed E-state index contributed by atoms with van der Waals surface area (Å²) in [5, 5.41) is 10.5. The van der Waals surface area contributed by atoms with Gasteiger partial charge in [-0.2, -0.15) is 18.3 Å². The highest BCUT2D eigenvalue weighted by molar-refractivity contribution is 6.06. The fraction of sp³-hybridized carbons (Fsp3) is 0.533. The van der Waals surface area contributed by atoms with Crippen LogP contribution in [0.3, 0.4) is 0 Å². The Morgan fingerprint density at radius 1 is 0.951 bits per heavy atom. The molecule has 61 heavy (non-hydrogen) atoms. The number of ether oxygens (including phenoxy) is 1. The van der Waals surface area contributed by atoms with Crippen molar-refractivity contribution in [2.75, 3.05) is 62.2 Å². The summed E-state index contributed by atoms with van der Waals surface area (Å²) in [7, 11) is 0. The van der Waals surface area contributed by atoms with Crippen molar-refractivity contribution >= 4 is 40.1 Å². The largest absolute Gasteiger partial charge is 0.489 e. The minimum absolute atomic E-state index is 0.187. The number of carbonyl (C=O) groups is 3. The number of fused-ring (bicyclic) bond motifs is 8. The molecule has 0 unspecified atom stereocenters. The van der Waals surface area contributed by atoms with Crippen LogP contribution in [0.15, 0.2) is 48.8 Å². The molecule has 4 fully saturated rings. The fourth-order valence-corrected chi connectivity index (χ4v) is 11.8. The number of carbonyl (C=O) groups excluding carboxylic acids is 3. The molecule has 3 saturated heterocycles. The quantitative estimate of drug-likeness (QED) is 0.250. The van der Waals surface area contributed by atoms with E-state index in [9.17, 15) is 27.6 Å². The summed E-state index contributed by atoms with van der Waals surface area (Å²) < 4.78 is 48.2. The fourth-order valence-electron chi connectivity index (χ4n) is 11.8. The number of benzene rings is 2. The minimum atomic E-state index is -4.33. The number of imide groups is 1. The highest BCUT2D eigenvalue weighted by Crippen LogP contribution is 2.49. The van der Waals surface area contributed by atoms with Crippen LogP contribution < -0.4 is 19.9 Å². The Kier molecular flexibility index (Phi) is 9.15. The van der Waals surface area contributed by atoms with Crippen LogP contribution in [0.25, 0.3) is 10.9 Å². The van der Waals surface area contributed by atoms with Gasteiger partial charge in [-0.05, 0) is 92.3 Å². The molecule has 1 spiro atoms. The second kappa shape index (κ2) is 14.4. The van der Waals surface area contributed by atoms with Crippen LogP contribution in [0, 0.1) is 11.3 Å². The van der Waals surface area contributed by atoms with Crippen molar-refractivity contribution in [3.63, 3.8) is 0 Å². The third-order valence-corrected chi connectivity index (χ3v) is 14.9. The Balaban J connectivity index is 0.694. The van der Waals surface area contributed by atoms with Crippen molar-refractivity contribution in [3.05, 3.63) is 76.6 Å². The molecule has 13 nitrogen and oxygen atoms in total. The van der Waals surface area contributed by atoms with Crippen molar-refractivity contribution < 1.29 is 32.3 Å². The lowest BCUT2D eigenvalue weighted by molar-refractivity contribution is -0.155. The molecule has 2 aromatic carbocycles. The van der Waals surface area contributed by atoms with Crippen LogP contribution in [0.4, 0.5) is 24.7 Å². The maximum Gasteiger partial charge on any atom is 0.401 e. The van der Waals surface area contributed by atoms with Crippen LogP contribution in [-0.4, -0.2) is 124 Å². The Hall–Kier alpha value is -5.22. The van der Waals surface area contributed by atoms with Gasteiger partial charge < -0.3 is 19.4 Å². The first kappa shape index (κ1) is 38.7. The van der Waals surface area contributed by atoms with Crippen molar-refractivity contribution in [2.24, 2.45) is 11.3 Å². The van der Waals surface area contributed by atoms with Gasteiger partial charge in [-0.3, -0.25) is 34.6 Å². The molecule has 4 aromatic rings. The second-order valence-corrected chi connectivity index (χ2v) is 18.7. The van der Waals surface area contributed by atoms with Gasteiger partial charge in [0.15, 0.2) is 0 Å². The van der Waals surface area contributed by atoms with Crippen LogP contribution in [0.5, 0.6) is 5.75 Å². The molecule has 11 rings (SSSR count). The van der Waals surface area contributed by atoms with Crippen LogP contribution in [-0.2, 0) is 22.6 Å². The highest BCUT2D eigenvalue weighted by Gasteiger charge is 2.47. The molecule has 4 atom stereocenters. The number of anilines is 2. The SMILES string of the molecule is C[C@@H]1Cc2c(ccc3[nH]ncc23)[C@H](c2ccc(N3CC4(CCC(CN5CCN6c7ccc8c(c7OC[C@H]6C5)CN([C@H]5CCC(=O)NC5=O)C8=O)CC4)C3)nc2)N1CC(F)(F)F. The average molecular weight is 838 g/mol. The first-order valence-electron chi connectivity index (χ1n) is 21.8. The first-order valence-corrected chi connectivity index (χ1v) is 21.8. The summed E-state index contributed by atoms with van der Waals surface area (Å²) in [6.45, 7) is 7.46. The summed E-state index contributed by atoms with van der Waals surface area (Å²) in [5.41, 5.74) is 6.29. The average Bonchev–Trinajstić information content (AvgIpc) is 3.85. The van der Waals surface area contributed by atoms with Crippen molar-refractivity contribution in [1.29, 1.82) is 0 Å².